The van der Waals surface area contributed by atoms with Crippen molar-refractivity contribution >= 4 is 24.0 Å². The van der Waals surface area contributed by atoms with E-state index < -0.39 is 0 Å². The average Bonchev–Trinajstić information content (AvgIpc) is 2.86. The highest BCUT2D eigenvalue weighted by Crippen LogP contribution is 2.33. The molecule has 0 heterocycles. The van der Waals surface area contributed by atoms with Crippen molar-refractivity contribution in [2.24, 2.45) is 17.6 Å². The van der Waals surface area contributed by atoms with Gasteiger partial charge in [-0.15, -0.1) is 12.4 Å². The number of benzene rings is 1. The fourth-order valence-corrected chi connectivity index (χ4v) is 2.79. The van der Waals surface area contributed by atoms with Crippen molar-refractivity contribution in [2.45, 2.75) is 26.2 Å². The number of anilines is 1. The van der Waals surface area contributed by atoms with Gasteiger partial charge in [0.1, 0.15) is 0 Å². The molecule has 0 unspecified atom stereocenters. The summed E-state index contributed by atoms with van der Waals surface area (Å²) in [6.07, 6.45) is 3.20. The highest BCUT2D eigenvalue weighted by molar-refractivity contribution is 5.94. The molecule has 1 aliphatic rings. The Morgan fingerprint density at radius 1 is 1.32 bits per heavy atom. The van der Waals surface area contributed by atoms with Crippen LogP contribution in [0.5, 0.6) is 0 Å². The van der Waals surface area contributed by atoms with Crippen LogP contribution in [0.4, 0.5) is 5.69 Å². The third kappa shape index (κ3) is 3.48. The Morgan fingerprint density at radius 3 is 2.53 bits per heavy atom. The first-order chi connectivity index (χ1) is 8.63. The molecule has 2 N–H and O–H groups in total. The smallest absolute Gasteiger partial charge is 0.230 e. The van der Waals surface area contributed by atoms with E-state index in [0.29, 0.717) is 12.5 Å². The predicted molar refractivity (Wildman–Crippen MR) is 81.7 cm³/mol. The Bertz CT molecular complexity index is 419. The van der Waals surface area contributed by atoms with Crippen LogP contribution in [0, 0.1) is 18.8 Å². The SMILES string of the molecule is Cc1ccc(N(C)C(=O)[C@@H]2CCC[C@@H]2CN)cc1.Cl. The van der Waals surface area contributed by atoms with Crippen LogP contribution >= 0.6 is 12.4 Å². The quantitative estimate of drug-likeness (QED) is 0.927. The van der Waals surface area contributed by atoms with E-state index in [-0.39, 0.29) is 24.2 Å². The third-order valence-corrected chi connectivity index (χ3v) is 4.03. The van der Waals surface area contributed by atoms with Crippen molar-refractivity contribution < 1.29 is 4.79 Å². The zero-order chi connectivity index (χ0) is 13.1. The molecule has 2 atom stereocenters. The molecular weight excluding hydrogens is 260 g/mol. The lowest BCUT2D eigenvalue weighted by atomic mass is 9.94. The Balaban J connectivity index is 0.00000180. The second-order valence-corrected chi connectivity index (χ2v) is 5.27. The van der Waals surface area contributed by atoms with Crippen LogP contribution in [0.2, 0.25) is 0 Å². The summed E-state index contributed by atoms with van der Waals surface area (Å²) < 4.78 is 0. The fraction of sp³-hybridized carbons (Fsp3) is 0.533. The number of rotatable bonds is 3. The van der Waals surface area contributed by atoms with Crippen LogP contribution in [0.1, 0.15) is 24.8 Å². The number of nitrogens with zero attached hydrogens (tertiary/aromatic N) is 1. The molecule has 3 nitrogen and oxygen atoms in total. The van der Waals surface area contributed by atoms with E-state index in [0.717, 1.165) is 24.9 Å². The minimum Gasteiger partial charge on any atom is -0.330 e. The van der Waals surface area contributed by atoms with Crippen molar-refractivity contribution in [3.63, 3.8) is 0 Å². The zero-order valence-corrected chi connectivity index (χ0v) is 12.5. The first-order valence-corrected chi connectivity index (χ1v) is 6.67. The third-order valence-electron chi connectivity index (χ3n) is 4.03. The topological polar surface area (TPSA) is 46.3 Å². The van der Waals surface area contributed by atoms with Gasteiger partial charge in [0, 0.05) is 18.7 Å². The number of amides is 1. The number of aryl methyl sites for hydroxylation is 1. The molecule has 0 radical (unpaired) electrons. The van der Waals surface area contributed by atoms with E-state index in [1.165, 1.54) is 5.56 Å². The number of carbonyl (C=O) groups excluding carboxylic acids is 1. The number of hydrogen-bond acceptors (Lipinski definition) is 2. The Labute approximate surface area is 121 Å². The van der Waals surface area contributed by atoms with E-state index in [1.54, 1.807) is 4.90 Å². The number of carbonyl (C=O) groups is 1. The molecule has 0 saturated heterocycles. The van der Waals surface area contributed by atoms with Crippen LogP contribution < -0.4 is 10.6 Å². The van der Waals surface area contributed by atoms with Gasteiger partial charge in [-0.25, -0.2) is 0 Å². The molecule has 1 aliphatic carbocycles. The van der Waals surface area contributed by atoms with Gasteiger partial charge in [0.05, 0.1) is 0 Å². The molecule has 2 rings (SSSR count). The Hall–Kier alpha value is -1.06. The van der Waals surface area contributed by atoms with Gasteiger partial charge in [0.2, 0.25) is 5.91 Å². The summed E-state index contributed by atoms with van der Waals surface area (Å²) >= 11 is 0. The standard InChI is InChI=1S/C15H22N2O.ClH/c1-11-6-8-13(9-7-11)17(2)15(18)14-5-3-4-12(14)10-16;/h6-9,12,14H,3-5,10,16H2,1-2H3;1H/t12-,14-;/m1./s1. The summed E-state index contributed by atoms with van der Waals surface area (Å²) in [5.41, 5.74) is 7.92. The van der Waals surface area contributed by atoms with Gasteiger partial charge >= 0.3 is 0 Å². The van der Waals surface area contributed by atoms with Crippen LogP contribution in [0.15, 0.2) is 24.3 Å². The molecule has 1 aromatic carbocycles. The summed E-state index contributed by atoms with van der Waals surface area (Å²) in [5, 5.41) is 0. The van der Waals surface area contributed by atoms with E-state index in [1.807, 2.05) is 38.2 Å². The molecule has 19 heavy (non-hydrogen) atoms. The van der Waals surface area contributed by atoms with Crippen molar-refractivity contribution in [2.75, 3.05) is 18.5 Å². The molecule has 0 spiro atoms. The molecule has 4 heteroatoms. The Morgan fingerprint density at radius 2 is 1.95 bits per heavy atom. The first kappa shape index (κ1) is 16.0. The fourth-order valence-electron chi connectivity index (χ4n) is 2.79. The molecule has 0 aliphatic heterocycles. The summed E-state index contributed by atoms with van der Waals surface area (Å²) in [6.45, 7) is 2.67. The second-order valence-electron chi connectivity index (χ2n) is 5.27. The van der Waals surface area contributed by atoms with Crippen molar-refractivity contribution in [1.29, 1.82) is 0 Å². The van der Waals surface area contributed by atoms with Crippen LogP contribution in [-0.4, -0.2) is 19.5 Å². The second kappa shape index (κ2) is 6.92. The van der Waals surface area contributed by atoms with Crippen molar-refractivity contribution in [3.05, 3.63) is 29.8 Å². The molecule has 1 saturated carbocycles. The van der Waals surface area contributed by atoms with Crippen LogP contribution in [-0.2, 0) is 4.79 Å². The molecule has 1 fully saturated rings. The first-order valence-electron chi connectivity index (χ1n) is 6.67. The zero-order valence-electron chi connectivity index (χ0n) is 11.6. The molecular formula is C15H23ClN2O. The van der Waals surface area contributed by atoms with E-state index >= 15 is 0 Å². The van der Waals surface area contributed by atoms with Gasteiger partial charge in [-0.2, -0.15) is 0 Å². The monoisotopic (exact) mass is 282 g/mol. The highest BCUT2D eigenvalue weighted by Gasteiger charge is 2.33. The minimum absolute atomic E-state index is 0. The van der Waals surface area contributed by atoms with Crippen molar-refractivity contribution in [3.8, 4) is 0 Å². The maximum Gasteiger partial charge on any atom is 0.230 e. The van der Waals surface area contributed by atoms with Gasteiger partial charge in [0.25, 0.3) is 0 Å². The van der Waals surface area contributed by atoms with Crippen molar-refractivity contribution in [1.82, 2.24) is 0 Å². The lowest BCUT2D eigenvalue weighted by Gasteiger charge is -2.24. The van der Waals surface area contributed by atoms with Gasteiger partial charge in [-0.1, -0.05) is 24.1 Å². The average molecular weight is 283 g/mol. The highest BCUT2D eigenvalue weighted by atomic mass is 35.5. The van der Waals surface area contributed by atoms with Gasteiger partial charge < -0.3 is 10.6 Å². The van der Waals surface area contributed by atoms with E-state index in [2.05, 4.69) is 0 Å². The maximum absolute atomic E-state index is 12.5. The van der Waals surface area contributed by atoms with E-state index in [4.69, 9.17) is 5.73 Å². The maximum atomic E-state index is 12.5. The lowest BCUT2D eigenvalue weighted by molar-refractivity contribution is -0.123. The molecule has 0 bridgehead atoms. The summed E-state index contributed by atoms with van der Waals surface area (Å²) in [5.74, 6) is 0.693. The minimum atomic E-state index is 0. The van der Waals surface area contributed by atoms with Gasteiger partial charge in [-0.3, -0.25) is 4.79 Å². The Kier molecular flexibility index (Phi) is 5.83. The summed E-state index contributed by atoms with van der Waals surface area (Å²) in [4.78, 5) is 14.2. The number of halogens is 1. The largest absolute Gasteiger partial charge is 0.330 e. The molecule has 1 amide bonds. The van der Waals surface area contributed by atoms with Gasteiger partial charge in [-0.05, 0) is 44.4 Å². The number of nitrogens with two attached hydrogens (primary N) is 1. The number of hydrogen-bond donors (Lipinski definition) is 1. The summed E-state index contributed by atoms with van der Waals surface area (Å²) in [6, 6.07) is 8.07. The predicted octanol–water partition coefficient (Wildman–Crippen LogP) is 2.75. The summed E-state index contributed by atoms with van der Waals surface area (Å²) in [7, 11) is 1.86. The van der Waals surface area contributed by atoms with Crippen LogP contribution in [0.3, 0.4) is 0 Å². The molecule has 1 aromatic rings. The molecule has 106 valence electrons. The normalized spacial score (nSPS) is 21.8. The molecule has 0 aromatic heterocycles. The van der Waals surface area contributed by atoms with Gasteiger partial charge in [0.15, 0.2) is 0 Å². The van der Waals surface area contributed by atoms with E-state index in [9.17, 15) is 4.79 Å². The lowest BCUT2D eigenvalue weighted by Crippen LogP contribution is -2.36. The van der Waals surface area contributed by atoms with Crippen LogP contribution in [0.25, 0.3) is 0 Å².